The Bertz CT molecular complexity index is 402. The van der Waals surface area contributed by atoms with Gasteiger partial charge in [0.15, 0.2) is 0 Å². The van der Waals surface area contributed by atoms with Crippen LogP contribution in [-0.2, 0) is 6.61 Å². The Hall–Kier alpha value is -1.02. The van der Waals surface area contributed by atoms with Crippen LogP contribution in [0.1, 0.15) is 30.4 Å². The van der Waals surface area contributed by atoms with Gasteiger partial charge in [-0.25, -0.2) is 0 Å². The average Bonchev–Trinajstić information content (AvgIpc) is 2.90. The quantitative estimate of drug-likeness (QED) is 0.822. The van der Waals surface area contributed by atoms with E-state index in [1.54, 1.807) is 0 Å². The maximum absolute atomic E-state index is 9.17. The first kappa shape index (κ1) is 10.2. The van der Waals surface area contributed by atoms with Gasteiger partial charge < -0.3 is 10.0 Å². The highest BCUT2D eigenvalue weighted by Crippen LogP contribution is 2.40. The molecule has 16 heavy (non-hydrogen) atoms. The van der Waals surface area contributed by atoms with E-state index in [4.69, 9.17) is 5.11 Å². The molecule has 3 rings (SSSR count). The summed E-state index contributed by atoms with van der Waals surface area (Å²) in [4.78, 5) is 2.56. The average molecular weight is 217 g/mol. The molecule has 0 spiro atoms. The molecule has 1 aliphatic heterocycles. The number of hydrogen-bond acceptors (Lipinski definition) is 2. The molecule has 1 aromatic carbocycles. The Kier molecular flexibility index (Phi) is 2.40. The van der Waals surface area contributed by atoms with Crippen molar-refractivity contribution in [3.63, 3.8) is 0 Å². The third-order valence-electron chi connectivity index (χ3n) is 4.24. The van der Waals surface area contributed by atoms with Crippen LogP contribution in [0.5, 0.6) is 0 Å². The molecule has 0 aromatic heterocycles. The van der Waals surface area contributed by atoms with Crippen molar-refractivity contribution in [2.45, 2.75) is 38.8 Å². The number of fused-ring (bicyclic) bond motifs is 2. The number of hydrogen-bond donors (Lipinski definition) is 1. The van der Waals surface area contributed by atoms with Crippen LogP contribution < -0.4 is 4.90 Å². The Morgan fingerprint density at radius 2 is 2.25 bits per heavy atom. The second kappa shape index (κ2) is 3.77. The lowest BCUT2D eigenvalue weighted by Gasteiger charge is -2.29. The van der Waals surface area contributed by atoms with Crippen molar-refractivity contribution in [1.29, 1.82) is 0 Å². The second-order valence-corrected chi connectivity index (χ2v) is 5.25. The van der Waals surface area contributed by atoms with Crippen molar-refractivity contribution in [2.75, 3.05) is 11.4 Å². The smallest absolute Gasteiger partial charge is 0.0684 e. The zero-order valence-corrected chi connectivity index (χ0v) is 9.82. The van der Waals surface area contributed by atoms with Crippen molar-refractivity contribution < 1.29 is 5.11 Å². The van der Waals surface area contributed by atoms with E-state index < -0.39 is 0 Å². The fourth-order valence-corrected chi connectivity index (χ4v) is 3.28. The van der Waals surface area contributed by atoms with Gasteiger partial charge in [0.1, 0.15) is 0 Å². The van der Waals surface area contributed by atoms with Crippen molar-refractivity contribution in [2.24, 2.45) is 5.92 Å². The Labute approximate surface area is 96.9 Å². The molecule has 1 saturated heterocycles. The third-order valence-corrected chi connectivity index (χ3v) is 4.24. The molecule has 2 bridgehead atoms. The number of aliphatic hydroxyl groups is 1. The molecule has 1 aromatic rings. The van der Waals surface area contributed by atoms with Crippen LogP contribution in [0.2, 0.25) is 0 Å². The van der Waals surface area contributed by atoms with Crippen LogP contribution in [0.15, 0.2) is 18.2 Å². The number of piperidine rings is 1. The topological polar surface area (TPSA) is 23.5 Å². The number of aliphatic hydroxyl groups excluding tert-OH is 1. The Morgan fingerprint density at radius 3 is 2.81 bits per heavy atom. The van der Waals surface area contributed by atoms with Crippen LogP contribution in [0.4, 0.5) is 5.69 Å². The molecule has 2 fully saturated rings. The number of rotatable bonds is 2. The molecule has 1 saturated carbocycles. The minimum atomic E-state index is 0.151. The minimum absolute atomic E-state index is 0.151. The summed E-state index contributed by atoms with van der Waals surface area (Å²) in [6, 6.07) is 7.24. The zero-order chi connectivity index (χ0) is 11.1. The minimum Gasteiger partial charge on any atom is -0.392 e. The highest BCUT2D eigenvalue weighted by molar-refractivity contribution is 5.53. The molecule has 2 unspecified atom stereocenters. The summed E-state index contributed by atoms with van der Waals surface area (Å²) in [7, 11) is 0. The summed E-state index contributed by atoms with van der Waals surface area (Å²) in [5.41, 5.74) is 3.61. The predicted octanol–water partition coefficient (Wildman–Crippen LogP) is 2.48. The van der Waals surface area contributed by atoms with Crippen LogP contribution in [0.3, 0.4) is 0 Å². The fraction of sp³-hybridized carbons (Fsp3) is 0.571. The first-order chi connectivity index (χ1) is 7.78. The first-order valence-electron chi connectivity index (χ1n) is 6.25. The second-order valence-electron chi connectivity index (χ2n) is 5.25. The van der Waals surface area contributed by atoms with Crippen molar-refractivity contribution >= 4 is 5.69 Å². The van der Waals surface area contributed by atoms with Gasteiger partial charge in [-0.2, -0.15) is 0 Å². The first-order valence-corrected chi connectivity index (χ1v) is 6.25. The Morgan fingerprint density at radius 1 is 1.38 bits per heavy atom. The molecule has 0 radical (unpaired) electrons. The number of nitrogens with zero attached hydrogens (tertiary/aromatic N) is 1. The molecular weight excluding hydrogens is 198 g/mol. The monoisotopic (exact) mass is 217 g/mol. The molecule has 2 heteroatoms. The number of benzene rings is 1. The van der Waals surface area contributed by atoms with Gasteiger partial charge in [0, 0.05) is 18.3 Å². The summed E-state index contributed by atoms with van der Waals surface area (Å²) in [6.07, 6.45) is 4.18. The lowest BCUT2D eigenvalue weighted by Crippen LogP contribution is -2.31. The number of anilines is 1. The van der Waals surface area contributed by atoms with Crippen molar-refractivity contribution in [3.8, 4) is 0 Å². The standard InChI is InChI=1S/C14H19NO/c1-10-6-13(5-3-12(10)9-16)15-8-11-2-4-14(15)7-11/h3,5-6,11,14,16H,2,4,7-9H2,1H3. The van der Waals surface area contributed by atoms with E-state index in [-0.39, 0.29) is 6.61 Å². The highest BCUT2D eigenvalue weighted by atomic mass is 16.3. The molecule has 86 valence electrons. The van der Waals surface area contributed by atoms with Gasteiger partial charge in [-0.1, -0.05) is 6.07 Å². The van der Waals surface area contributed by atoms with Gasteiger partial charge in [-0.15, -0.1) is 0 Å². The molecular formula is C14H19NO. The van der Waals surface area contributed by atoms with Gasteiger partial charge in [-0.3, -0.25) is 0 Å². The maximum atomic E-state index is 9.17. The van der Waals surface area contributed by atoms with E-state index in [0.717, 1.165) is 17.5 Å². The summed E-state index contributed by atoms with van der Waals surface area (Å²) in [5, 5.41) is 9.17. The summed E-state index contributed by atoms with van der Waals surface area (Å²) in [6.45, 7) is 3.48. The van der Waals surface area contributed by atoms with Crippen molar-refractivity contribution in [3.05, 3.63) is 29.3 Å². The lowest BCUT2D eigenvalue weighted by atomic mass is 10.1. The van der Waals surface area contributed by atoms with E-state index in [1.807, 2.05) is 0 Å². The summed E-state index contributed by atoms with van der Waals surface area (Å²) >= 11 is 0. The largest absolute Gasteiger partial charge is 0.392 e. The summed E-state index contributed by atoms with van der Waals surface area (Å²) in [5.74, 6) is 0.933. The zero-order valence-electron chi connectivity index (χ0n) is 9.82. The fourth-order valence-electron chi connectivity index (χ4n) is 3.28. The van der Waals surface area contributed by atoms with Gasteiger partial charge in [0.2, 0.25) is 0 Å². The van der Waals surface area contributed by atoms with E-state index >= 15 is 0 Å². The van der Waals surface area contributed by atoms with E-state index in [0.29, 0.717) is 0 Å². The summed E-state index contributed by atoms with van der Waals surface area (Å²) < 4.78 is 0. The molecule has 1 heterocycles. The van der Waals surface area contributed by atoms with E-state index in [1.165, 1.54) is 37.1 Å². The normalized spacial score (nSPS) is 27.8. The molecule has 2 aliphatic rings. The SMILES string of the molecule is Cc1cc(N2CC3CCC2C3)ccc1CO. The van der Waals surface area contributed by atoms with Crippen molar-refractivity contribution in [1.82, 2.24) is 0 Å². The molecule has 1 aliphatic carbocycles. The number of aryl methyl sites for hydroxylation is 1. The van der Waals surface area contributed by atoms with Crippen LogP contribution in [0.25, 0.3) is 0 Å². The lowest BCUT2D eigenvalue weighted by molar-refractivity contribution is 0.281. The maximum Gasteiger partial charge on any atom is 0.0684 e. The van der Waals surface area contributed by atoms with Gasteiger partial charge in [-0.05, 0) is 55.4 Å². The molecule has 0 amide bonds. The van der Waals surface area contributed by atoms with Gasteiger partial charge in [0.05, 0.1) is 6.61 Å². The van der Waals surface area contributed by atoms with E-state index in [2.05, 4.69) is 30.0 Å². The Balaban J connectivity index is 1.87. The predicted molar refractivity (Wildman–Crippen MR) is 65.6 cm³/mol. The molecule has 1 N–H and O–H groups in total. The van der Waals surface area contributed by atoms with Gasteiger partial charge in [0.25, 0.3) is 0 Å². The van der Waals surface area contributed by atoms with Crippen LogP contribution in [-0.4, -0.2) is 17.7 Å². The van der Waals surface area contributed by atoms with Gasteiger partial charge >= 0.3 is 0 Å². The molecule has 2 nitrogen and oxygen atoms in total. The highest BCUT2D eigenvalue weighted by Gasteiger charge is 2.37. The molecule has 2 atom stereocenters. The van der Waals surface area contributed by atoms with E-state index in [9.17, 15) is 0 Å². The third kappa shape index (κ3) is 1.52. The van der Waals surface area contributed by atoms with Crippen LogP contribution in [0, 0.1) is 12.8 Å². The van der Waals surface area contributed by atoms with Crippen LogP contribution >= 0.6 is 0 Å².